The van der Waals surface area contributed by atoms with Gasteiger partial charge < -0.3 is 5.73 Å². The van der Waals surface area contributed by atoms with Gasteiger partial charge in [0.05, 0.1) is 5.02 Å². The zero-order valence-corrected chi connectivity index (χ0v) is 14.3. The average molecular weight is 312 g/mol. The van der Waals surface area contributed by atoms with Gasteiger partial charge >= 0.3 is 0 Å². The predicted octanol–water partition coefficient (Wildman–Crippen LogP) is 5.36. The summed E-state index contributed by atoms with van der Waals surface area (Å²) >= 11 is 8.16. The van der Waals surface area contributed by atoms with Crippen molar-refractivity contribution in [3.8, 4) is 0 Å². The number of hydrogen-bond donors (Lipinski definition) is 1. The van der Waals surface area contributed by atoms with E-state index in [0.29, 0.717) is 16.7 Å². The Kier molecular flexibility index (Phi) is 5.44. The quantitative estimate of drug-likeness (QED) is 0.809. The maximum Gasteiger partial charge on any atom is 0.0541 e. The highest BCUT2D eigenvalue weighted by molar-refractivity contribution is 8.00. The summed E-state index contributed by atoms with van der Waals surface area (Å²) in [4.78, 5) is 1.17. The van der Waals surface area contributed by atoms with Crippen molar-refractivity contribution in [3.63, 3.8) is 0 Å². The van der Waals surface area contributed by atoms with Gasteiger partial charge in [-0.1, -0.05) is 50.9 Å². The lowest BCUT2D eigenvalue weighted by Gasteiger charge is -2.42. The van der Waals surface area contributed by atoms with Crippen molar-refractivity contribution < 1.29 is 0 Å². The lowest BCUT2D eigenvalue weighted by molar-refractivity contribution is 0.148. The van der Waals surface area contributed by atoms with E-state index in [1.165, 1.54) is 24.2 Å². The second-order valence-electron chi connectivity index (χ2n) is 6.60. The van der Waals surface area contributed by atoms with Gasteiger partial charge in [0.25, 0.3) is 0 Å². The van der Waals surface area contributed by atoms with E-state index < -0.39 is 0 Å². The molecule has 112 valence electrons. The maximum absolute atomic E-state index is 6.36. The van der Waals surface area contributed by atoms with Crippen LogP contribution in [0, 0.1) is 11.3 Å². The van der Waals surface area contributed by atoms with Crippen LogP contribution in [0.2, 0.25) is 5.02 Å². The molecule has 2 N–H and O–H groups in total. The summed E-state index contributed by atoms with van der Waals surface area (Å²) < 4.78 is 0. The lowest BCUT2D eigenvalue weighted by Crippen LogP contribution is -2.42. The second-order valence-corrected chi connectivity index (χ2v) is 8.29. The van der Waals surface area contributed by atoms with E-state index in [0.717, 1.165) is 17.4 Å². The summed E-state index contributed by atoms with van der Waals surface area (Å²) in [6, 6.07) is 8.40. The summed E-state index contributed by atoms with van der Waals surface area (Å²) in [5.74, 6) is 0.771. The van der Waals surface area contributed by atoms with E-state index >= 15 is 0 Å². The molecule has 2 rings (SSSR count). The summed E-state index contributed by atoms with van der Waals surface area (Å²) in [5, 5.41) is 1.33. The molecule has 0 spiro atoms. The fourth-order valence-corrected chi connectivity index (χ4v) is 4.56. The third-order valence-electron chi connectivity index (χ3n) is 4.97. The first kappa shape index (κ1) is 16.2. The number of thioether (sulfide) groups is 1. The second kappa shape index (κ2) is 6.72. The smallest absolute Gasteiger partial charge is 0.0541 e. The van der Waals surface area contributed by atoms with Gasteiger partial charge in [-0.05, 0) is 42.7 Å². The Morgan fingerprint density at radius 2 is 2.00 bits per heavy atom. The van der Waals surface area contributed by atoms with Crippen molar-refractivity contribution in [2.24, 2.45) is 17.1 Å². The van der Waals surface area contributed by atoms with Crippen LogP contribution >= 0.6 is 23.4 Å². The molecule has 0 saturated heterocycles. The maximum atomic E-state index is 6.36. The van der Waals surface area contributed by atoms with Crippen LogP contribution in [0.3, 0.4) is 0 Å². The Balaban J connectivity index is 2.08. The van der Waals surface area contributed by atoms with Crippen molar-refractivity contribution in [2.75, 3.05) is 0 Å². The molecule has 0 amide bonds. The molecular weight excluding hydrogens is 286 g/mol. The highest BCUT2D eigenvalue weighted by Crippen LogP contribution is 2.45. The zero-order valence-electron chi connectivity index (χ0n) is 12.7. The monoisotopic (exact) mass is 311 g/mol. The summed E-state index contributed by atoms with van der Waals surface area (Å²) in [6.45, 7) is 7.09. The van der Waals surface area contributed by atoms with Gasteiger partial charge in [0.1, 0.15) is 0 Å². The first-order valence-corrected chi connectivity index (χ1v) is 8.86. The Morgan fingerprint density at radius 1 is 1.30 bits per heavy atom. The fourth-order valence-electron chi connectivity index (χ4n) is 2.99. The van der Waals surface area contributed by atoms with Crippen LogP contribution in [0.4, 0.5) is 0 Å². The molecular formula is C17H26ClNS. The highest BCUT2D eigenvalue weighted by Gasteiger charge is 2.36. The molecule has 3 heteroatoms. The van der Waals surface area contributed by atoms with Crippen LogP contribution in [0.15, 0.2) is 29.2 Å². The van der Waals surface area contributed by atoms with Gasteiger partial charge in [-0.2, -0.15) is 0 Å². The normalized spacial score (nSPS) is 27.6. The molecule has 1 saturated carbocycles. The molecule has 1 aliphatic carbocycles. The fraction of sp³-hybridized carbons (Fsp3) is 0.647. The van der Waals surface area contributed by atoms with E-state index in [1.807, 2.05) is 23.9 Å². The Hall–Kier alpha value is -0.180. The van der Waals surface area contributed by atoms with E-state index in [2.05, 4.69) is 32.9 Å². The molecule has 0 radical (unpaired) electrons. The first-order chi connectivity index (χ1) is 9.44. The molecule has 0 aliphatic heterocycles. The number of nitrogens with two attached hydrogens (primary N) is 1. The Labute approximate surface area is 132 Å². The molecule has 1 aromatic carbocycles. The molecule has 1 nitrogen and oxygen atoms in total. The van der Waals surface area contributed by atoms with E-state index in [-0.39, 0.29) is 0 Å². The number of benzene rings is 1. The lowest BCUT2D eigenvalue weighted by atomic mass is 9.69. The van der Waals surface area contributed by atoms with Crippen LogP contribution in [0.5, 0.6) is 0 Å². The Morgan fingerprint density at radius 3 is 2.65 bits per heavy atom. The molecule has 1 aliphatic rings. The van der Waals surface area contributed by atoms with Crippen molar-refractivity contribution >= 4 is 23.4 Å². The molecule has 1 fully saturated rings. The van der Waals surface area contributed by atoms with Crippen molar-refractivity contribution in [1.29, 1.82) is 0 Å². The van der Waals surface area contributed by atoms with Gasteiger partial charge in [0, 0.05) is 16.2 Å². The van der Waals surface area contributed by atoms with Crippen LogP contribution in [0.1, 0.15) is 46.5 Å². The topological polar surface area (TPSA) is 26.0 Å². The van der Waals surface area contributed by atoms with E-state index in [1.54, 1.807) is 0 Å². The first-order valence-electron chi connectivity index (χ1n) is 7.61. The van der Waals surface area contributed by atoms with Crippen LogP contribution < -0.4 is 5.73 Å². The molecule has 20 heavy (non-hydrogen) atoms. The third kappa shape index (κ3) is 3.72. The minimum atomic E-state index is 0.292. The zero-order chi connectivity index (χ0) is 14.8. The van der Waals surface area contributed by atoms with Crippen LogP contribution in [0.25, 0.3) is 0 Å². The van der Waals surface area contributed by atoms with Crippen LogP contribution in [-0.4, -0.2) is 11.3 Å². The summed E-state index contributed by atoms with van der Waals surface area (Å²) in [6.07, 6.45) is 4.84. The van der Waals surface area contributed by atoms with Gasteiger partial charge in [-0.25, -0.2) is 0 Å². The average Bonchev–Trinajstić information content (AvgIpc) is 2.43. The highest BCUT2D eigenvalue weighted by atomic mass is 35.5. The standard InChI is InChI=1S/C17H26ClNS/c1-4-17(2,3)12-9-10-14(19)16(11-12)20-15-8-6-5-7-13(15)18/h5-8,12,14,16H,4,9-11,19H2,1-3H3. The molecule has 3 unspecified atom stereocenters. The Bertz CT molecular complexity index is 446. The predicted molar refractivity (Wildman–Crippen MR) is 90.5 cm³/mol. The van der Waals surface area contributed by atoms with Crippen molar-refractivity contribution in [1.82, 2.24) is 0 Å². The molecule has 1 aromatic rings. The van der Waals surface area contributed by atoms with Gasteiger partial charge in [0.2, 0.25) is 0 Å². The van der Waals surface area contributed by atoms with Crippen LogP contribution in [-0.2, 0) is 0 Å². The molecule has 3 atom stereocenters. The minimum absolute atomic E-state index is 0.292. The molecule has 0 aromatic heterocycles. The van der Waals surface area contributed by atoms with Crippen molar-refractivity contribution in [2.45, 2.75) is 62.6 Å². The van der Waals surface area contributed by atoms with Gasteiger partial charge in [0.15, 0.2) is 0 Å². The van der Waals surface area contributed by atoms with E-state index in [4.69, 9.17) is 17.3 Å². The number of hydrogen-bond acceptors (Lipinski definition) is 2. The summed E-state index contributed by atoms with van der Waals surface area (Å²) in [5.41, 5.74) is 6.78. The minimum Gasteiger partial charge on any atom is -0.327 e. The molecule has 0 heterocycles. The SMILES string of the molecule is CCC(C)(C)C1CCC(N)C(Sc2ccccc2Cl)C1. The summed E-state index contributed by atoms with van der Waals surface area (Å²) in [7, 11) is 0. The number of rotatable bonds is 4. The van der Waals surface area contributed by atoms with Gasteiger partial charge in [-0.15, -0.1) is 11.8 Å². The molecule has 0 bridgehead atoms. The third-order valence-corrected chi connectivity index (χ3v) is 6.87. The van der Waals surface area contributed by atoms with Gasteiger partial charge in [-0.3, -0.25) is 0 Å². The number of halogens is 1. The van der Waals surface area contributed by atoms with Crippen molar-refractivity contribution in [3.05, 3.63) is 29.3 Å². The largest absolute Gasteiger partial charge is 0.327 e. The van der Waals surface area contributed by atoms with E-state index in [9.17, 15) is 0 Å².